The van der Waals surface area contributed by atoms with E-state index < -0.39 is 0 Å². The third-order valence-electron chi connectivity index (χ3n) is 3.81. The molecule has 2 unspecified atom stereocenters. The molecule has 0 bridgehead atoms. The highest BCUT2D eigenvalue weighted by atomic mass is 16.3. The molecule has 0 aliphatic heterocycles. The Balaban J connectivity index is 1.87. The fraction of sp³-hybridized carbons (Fsp3) is 0.562. The zero-order chi connectivity index (χ0) is 13.7. The van der Waals surface area contributed by atoms with Gasteiger partial charge in [-0.15, -0.1) is 0 Å². The van der Waals surface area contributed by atoms with Crippen molar-refractivity contribution in [1.82, 2.24) is 5.32 Å². The molecule has 1 fully saturated rings. The maximum atomic E-state index is 12.0. The van der Waals surface area contributed by atoms with Crippen molar-refractivity contribution in [3.63, 3.8) is 0 Å². The molecule has 2 N–H and O–H groups in total. The molecule has 3 heteroatoms. The molecule has 0 aromatic heterocycles. The lowest BCUT2D eigenvalue weighted by molar-refractivity contribution is -0.122. The van der Waals surface area contributed by atoms with Crippen LogP contribution in [0.5, 0.6) is 0 Å². The van der Waals surface area contributed by atoms with Crippen LogP contribution < -0.4 is 5.32 Å². The molecule has 19 heavy (non-hydrogen) atoms. The summed E-state index contributed by atoms with van der Waals surface area (Å²) >= 11 is 0. The highest BCUT2D eigenvalue weighted by Gasteiger charge is 2.22. The van der Waals surface area contributed by atoms with E-state index in [1.807, 2.05) is 31.2 Å². The number of hydrogen-bond acceptors (Lipinski definition) is 2. The van der Waals surface area contributed by atoms with Crippen molar-refractivity contribution in [2.45, 2.75) is 57.6 Å². The Bertz CT molecular complexity index is 413. The Morgan fingerprint density at radius 1 is 1.21 bits per heavy atom. The first-order valence-corrected chi connectivity index (χ1v) is 7.18. The summed E-state index contributed by atoms with van der Waals surface area (Å²) in [6.45, 7) is 2.03. The van der Waals surface area contributed by atoms with Gasteiger partial charge in [0, 0.05) is 0 Å². The number of nitrogens with one attached hydrogen (secondary N) is 1. The molecule has 2 rings (SSSR count). The zero-order valence-electron chi connectivity index (χ0n) is 11.6. The largest absolute Gasteiger partial charge is 0.391 e. The van der Waals surface area contributed by atoms with Gasteiger partial charge in [-0.25, -0.2) is 0 Å². The third-order valence-corrected chi connectivity index (χ3v) is 3.81. The molecule has 104 valence electrons. The van der Waals surface area contributed by atoms with E-state index in [0.717, 1.165) is 37.7 Å². The van der Waals surface area contributed by atoms with Gasteiger partial charge in [-0.2, -0.15) is 0 Å². The first kappa shape index (κ1) is 14.1. The predicted molar refractivity (Wildman–Crippen MR) is 75.9 cm³/mol. The molecule has 1 amide bonds. The van der Waals surface area contributed by atoms with Crippen molar-refractivity contribution < 1.29 is 9.90 Å². The van der Waals surface area contributed by atoms with E-state index in [0.29, 0.717) is 6.42 Å². The lowest BCUT2D eigenvalue weighted by Gasteiger charge is -2.21. The van der Waals surface area contributed by atoms with E-state index in [4.69, 9.17) is 0 Å². The topological polar surface area (TPSA) is 49.3 Å². The maximum absolute atomic E-state index is 12.0. The van der Waals surface area contributed by atoms with Gasteiger partial charge in [0.2, 0.25) is 5.91 Å². The summed E-state index contributed by atoms with van der Waals surface area (Å²) in [5.41, 5.74) is 2.22. The Labute approximate surface area is 115 Å². The highest BCUT2D eigenvalue weighted by molar-refractivity contribution is 5.78. The molecular formula is C16H23NO2. The first-order valence-electron chi connectivity index (χ1n) is 7.18. The summed E-state index contributed by atoms with van der Waals surface area (Å²) in [5, 5.41) is 13.0. The average Bonchev–Trinajstić information content (AvgIpc) is 2.58. The lowest BCUT2D eigenvalue weighted by Crippen LogP contribution is -2.43. The van der Waals surface area contributed by atoms with Crippen molar-refractivity contribution in [3.05, 3.63) is 35.4 Å². The fourth-order valence-electron chi connectivity index (χ4n) is 2.61. The van der Waals surface area contributed by atoms with Crippen molar-refractivity contribution in [2.75, 3.05) is 0 Å². The van der Waals surface area contributed by atoms with E-state index in [9.17, 15) is 9.90 Å². The number of amides is 1. The average molecular weight is 261 g/mol. The summed E-state index contributed by atoms with van der Waals surface area (Å²) in [6.07, 6.45) is 5.00. The predicted octanol–water partition coefficient (Wildman–Crippen LogP) is 2.35. The molecule has 0 heterocycles. The van der Waals surface area contributed by atoms with Crippen molar-refractivity contribution in [3.8, 4) is 0 Å². The molecule has 1 aromatic rings. The Morgan fingerprint density at radius 3 is 2.63 bits per heavy atom. The van der Waals surface area contributed by atoms with Crippen molar-refractivity contribution in [2.24, 2.45) is 0 Å². The summed E-state index contributed by atoms with van der Waals surface area (Å²) in [4.78, 5) is 12.0. The number of carbonyl (C=O) groups excluding carboxylic acids is 1. The molecule has 3 nitrogen and oxygen atoms in total. The van der Waals surface area contributed by atoms with Gasteiger partial charge in [-0.05, 0) is 25.3 Å². The minimum atomic E-state index is -0.385. The van der Waals surface area contributed by atoms with Gasteiger partial charge in [-0.3, -0.25) is 4.79 Å². The van der Waals surface area contributed by atoms with Gasteiger partial charge in [0.25, 0.3) is 0 Å². The monoisotopic (exact) mass is 261 g/mol. The maximum Gasteiger partial charge on any atom is 0.224 e. The van der Waals surface area contributed by atoms with Crippen LogP contribution in [0.15, 0.2) is 24.3 Å². The Hall–Kier alpha value is -1.35. The second kappa shape index (κ2) is 6.71. The molecule has 1 aliphatic carbocycles. The van der Waals surface area contributed by atoms with Gasteiger partial charge in [-0.1, -0.05) is 49.1 Å². The number of aliphatic hydroxyl groups is 1. The molecule has 2 atom stereocenters. The summed E-state index contributed by atoms with van der Waals surface area (Å²) in [7, 11) is 0. The Morgan fingerprint density at radius 2 is 1.89 bits per heavy atom. The normalized spacial score (nSPS) is 23.7. The van der Waals surface area contributed by atoms with Crippen molar-refractivity contribution >= 4 is 5.91 Å². The smallest absolute Gasteiger partial charge is 0.224 e. The summed E-state index contributed by atoms with van der Waals surface area (Å²) in [6, 6.07) is 7.93. The lowest BCUT2D eigenvalue weighted by atomic mass is 10.0. The SMILES string of the molecule is Cc1ccc(CC(=O)NC2CCCCCC2O)cc1. The van der Waals surface area contributed by atoms with Crippen LogP contribution in [0.3, 0.4) is 0 Å². The van der Waals surface area contributed by atoms with Gasteiger partial charge in [0.15, 0.2) is 0 Å². The van der Waals surface area contributed by atoms with E-state index in [-0.39, 0.29) is 18.1 Å². The van der Waals surface area contributed by atoms with E-state index in [1.165, 1.54) is 5.56 Å². The molecule has 0 saturated heterocycles. The quantitative estimate of drug-likeness (QED) is 0.821. The summed E-state index contributed by atoms with van der Waals surface area (Å²) in [5.74, 6) is 0.00908. The Kier molecular flexibility index (Phi) is 4.97. The molecule has 0 radical (unpaired) electrons. The molecule has 1 aromatic carbocycles. The van der Waals surface area contributed by atoms with Crippen LogP contribution in [0.1, 0.15) is 43.2 Å². The van der Waals surface area contributed by atoms with Crippen LogP contribution in [-0.2, 0) is 11.2 Å². The van der Waals surface area contributed by atoms with Gasteiger partial charge in [0.05, 0.1) is 18.6 Å². The van der Waals surface area contributed by atoms with Crippen LogP contribution in [-0.4, -0.2) is 23.2 Å². The minimum absolute atomic E-state index is 0.00908. The number of carbonyl (C=O) groups is 1. The first-order chi connectivity index (χ1) is 9.15. The number of aliphatic hydroxyl groups excluding tert-OH is 1. The van der Waals surface area contributed by atoms with Gasteiger partial charge in [0.1, 0.15) is 0 Å². The molecule has 1 saturated carbocycles. The van der Waals surface area contributed by atoms with Gasteiger partial charge >= 0.3 is 0 Å². The standard InChI is InChI=1S/C16H23NO2/c1-12-7-9-13(10-8-12)11-16(19)17-14-5-3-2-4-6-15(14)18/h7-10,14-15,18H,2-6,11H2,1H3,(H,17,19). The zero-order valence-corrected chi connectivity index (χ0v) is 11.6. The van der Waals surface area contributed by atoms with Crippen LogP contribution in [0.2, 0.25) is 0 Å². The van der Waals surface area contributed by atoms with Crippen LogP contribution in [0.4, 0.5) is 0 Å². The highest BCUT2D eigenvalue weighted by Crippen LogP contribution is 2.18. The van der Waals surface area contributed by atoms with Crippen LogP contribution >= 0.6 is 0 Å². The van der Waals surface area contributed by atoms with Crippen LogP contribution in [0.25, 0.3) is 0 Å². The number of benzene rings is 1. The van der Waals surface area contributed by atoms with Crippen LogP contribution in [0, 0.1) is 6.92 Å². The number of hydrogen-bond donors (Lipinski definition) is 2. The molecule has 0 spiro atoms. The molecule has 1 aliphatic rings. The molecular weight excluding hydrogens is 238 g/mol. The van der Waals surface area contributed by atoms with E-state index in [2.05, 4.69) is 5.32 Å². The van der Waals surface area contributed by atoms with E-state index in [1.54, 1.807) is 0 Å². The summed E-state index contributed by atoms with van der Waals surface area (Å²) < 4.78 is 0. The number of rotatable bonds is 3. The second-order valence-corrected chi connectivity index (χ2v) is 5.54. The van der Waals surface area contributed by atoms with Crippen molar-refractivity contribution in [1.29, 1.82) is 0 Å². The van der Waals surface area contributed by atoms with Gasteiger partial charge < -0.3 is 10.4 Å². The van der Waals surface area contributed by atoms with E-state index >= 15 is 0 Å². The second-order valence-electron chi connectivity index (χ2n) is 5.54. The third kappa shape index (κ3) is 4.35. The fourth-order valence-corrected chi connectivity index (χ4v) is 2.61. The minimum Gasteiger partial charge on any atom is -0.391 e. The number of aryl methyl sites for hydroxylation is 1.